The van der Waals surface area contributed by atoms with Crippen molar-refractivity contribution in [2.75, 3.05) is 27.2 Å². The summed E-state index contributed by atoms with van der Waals surface area (Å²) in [4.78, 5) is 43.0. The molecule has 0 fully saturated rings. The number of rotatable bonds is 49. The lowest BCUT2D eigenvalue weighted by Gasteiger charge is -2.33. The van der Waals surface area contributed by atoms with Gasteiger partial charge in [-0.3, -0.25) is 14.4 Å². The van der Waals surface area contributed by atoms with Gasteiger partial charge in [-0.15, -0.1) is 0 Å². The van der Waals surface area contributed by atoms with Crippen LogP contribution in [0.1, 0.15) is 271 Å². The third kappa shape index (κ3) is 34.1. The van der Waals surface area contributed by atoms with E-state index in [-0.39, 0.29) is 37.6 Å². The summed E-state index contributed by atoms with van der Waals surface area (Å²) in [5.74, 6) is -12.2. The Labute approximate surface area is 435 Å². The lowest BCUT2D eigenvalue weighted by molar-refractivity contribution is -0.315. The van der Waals surface area contributed by atoms with Crippen LogP contribution in [-0.4, -0.2) is 97.3 Å². The SMILES string of the molecule is CCCCCCCCCC(OC(=O)CCCCCCCCC(CCCCCCCCC(=O)OC(CCCCCCCCC)C(F)(F)C(F)(F)F)N(CCCN(C)C)C(=O)CCCCCCC)C(F)(F)C(F)(F)F. The van der Waals surface area contributed by atoms with Crippen molar-refractivity contribution in [3.05, 3.63) is 0 Å². The lowest BCUT2D eigenvalue weighted by atomic mass is 9.97. The number of unbranched alkanes of at least 4 members (excludes halogenated alkanes) is 26. The summed E-state index contributed by atoms with van der Waals surface area (Å²) in [6.45, 7) is 7.71. The number of amides is 1. The van der Waals surface area contributed by atoms with E-state index in [1.165, 1.54) is 0 Å². The third-order valence-electron chi connectivity index (χ3n) is 13.8. The van der Waals surface area contributed by atoms with Crippen LogP contribution in [0.15, 0.2) is 0 Å². The molecule has 73 heavy (non-hydrogen) atoms. The van der Waals surface area contributed by atoms with Gasteiger partial charge in [0.05, 0.1) is 0 Å². The molecule has 0 saturated carbocycles. The maximum Gasteiger partial charge on any atom is 0.457 e. The average Bonchev–Trinajstić information content (AvgIpc) is 3.31. The minimum atomic E-state index is -5.83. The van der Waals surface area contributed by atoms with E-state index < -0.39 is 61.2 Å². The van der Waals surface area contributed by atoms with Crippen LogP contribution in [0.25, 0.3) is 0 Å². The van der Waals surface area contributed by atoms with Gasteiger partial charge in [0.15, 0.2) is 12.2 Å². The Morgan fingerprint density at radius 2 is 0.658 bits per heavy atom. The van der Waals surface area contributed by atoms with Crippen molar-refractivity contribution >= 4 is 17.8 Å². The predicted octanol–water partition coefficient (Wildman–Crippen LogP) is 18.2. The van der Waals surface area contributed by atoms with Gasteiger partial charge >= 0.3 is 36.1 Å². The first-order valence-corrected chi connectivity index (χ1v) is 28.8. The standard InChI is InChI=1S/C56H100F10N2O5/c1-6-9-12-15-17-26-32-40-48(53(57,58)55(61,62)63)72-51(70)43-35-28-21-19-24-30-38-47(68(46-37-45-67(4)5)50(69)42-34-23-14-11-8-3)39-31-25-20-22-29-36-44-52(71)73-49(54(59,60)56(64,65)66)41-33-27-18-16-13-10-7-2/h47-49H,6-46H2,1-5H3. The summed E-state index contributed by atoms with van der Waals surface area (Å²) in [6.07, 6.45) is 8.39. The van der Waals surface area contributed by atoms with Crippen LogP contribution < -0.4 is 0 Å². The highest BCUT2D eigenvalue weighted by Crippen LogP contribution is 2.42. The molecule has 1 amide bonds. The fourth-order valence-corrected chi connectivity index (χ4v) is 9.26. The second kappa shape index (κ2) is 41.8. The predicted molar refractivity (Wildman–Crippen MR) is 273 cm³/mol. The molecule has 17 heteroatoms. The summed E-state index contributed by atoms with van der Waals surface area (Å²) in [5.41, 5.74) is 0. The van der Waals surface area contributed by atoms with Crippen LogP contribution in [0.3, 0.4) is 0 Å². The molecule has 0 aliphatic rings. The molecular weight excluding hydrogens is 971 g/mol. The summed E-state index contributed by atoms with van der Waals surface area (Å²) in [6, 6.07) is 0.0162. The quantitative estimate of drug-likeness (QED) is 0.0343. The molecule has 0 aliphatic carbocycles. The number of nitrogens with zero attached hydrogens (tertiary/aromatic N) is 2. The number of carbonyl (C=O) groups excluding carboxylic acids is 3. The third-order valence-corrected chi connectivity index (χ3v) is 13.8. The van der Waals surface area contributed by atoms with Gasteiger partial charge in [-0.05, 0) is 84.8 Å². The molecule has 434 valence electrons. The Morgan fingerprint density at radius 1 is 0.370 bits per heavy atom. The number of ether oxygens (including phenoxy) is 2. The van der Waals surface area contributed by atoms with Crippen molar-refractivity contribution in [3.63, 3.8) is 0 Å². The van der Waals surface area contributed by atoms with Gasteiger partial charge in [0, 0.05) is 31.8 Å². The van der Waals surface area contributed by atoms with E-state index in [9.17, 15) is 58.3 Å². The largest absolute Gasteiger partial charge is 0.457 e. The highest BCUT2D eigenvalue weighted by atomic mass is 19.4. The zero-order chi connectivity index (χ0) is 55.0. The molecule has 0 saturated heterocycles. The molecule has 0 radical (unpaired) electrons. The van der Waals surface area contributed by atoms with Crippen molar-refractivity contribution < 1.29 is 67.8 Å². The first kappa shape index (κ1) is 70.7. The second-order valence-corrected chi connectivity index (χ2v) is 20.9. The van der Waals surface area contributed by atoms with Gasteiger partial charge in [0.25, 0.3) is 0 Å². The van der Waals surface area contributed by atoms with Crippen molar-refractivity contribution in [1.29, 1.82) is 0 Å². The van der Waals surface area contributed by atoms with Gasteiger partial charge in [-0.2, -0.15) is 43.9 Å². The monoisotopic (exact) mass is 1070 g/mol. The van der Waals surface area contributed by atoms with Crippen molar-refractivity contribution in [3.8, 4) is 0 Å². The Kier molecular flexibility index (Phi) is 40.5. The van der Waals surface area contributed by atoms with E-state index in [0.717, 1.165) is 173 Å². The van der Waals surface area contributed by atoms with E-state index >= 15 is 0 Å². The Hall–Kier alpha value is -2.33. The smallest absolute Gasteiger partial charge is 0.456 e. The average molecular weight is 1070 g/mol. The topological polar surface area (TPSA) is 76.2 Å². The van der Waals surface area contributed by atoms with E-state index in [0.29, 0.717) is 51.5 Å². The maximum absolute atomic E-state index is 14.4. The Morgan fingerprint density at radius 3 is 0.973 bits per heavy atom. The number of hydrogen-bond donors (Lipinski definition) is 0. The number of hydrogen-bond acceptors (Lipinski definition) is 6. The summed E-state index contributed by atoms with van der Waals surface area (Å²) < 4.78 is 147. The number of carbonyl (C=O) groups is 3. The minimum Gasteiger partial charge on any atom is -0.456 e. The molecular formula is C56H100F10N2O5. The van der Waals surface area contributed by atoms with Crippen LogP contribution in [0.2, 0.25) is 0 Å². The Bertz CT molecular complexity index is 1290. The van der Waals surface area contributed by atoms with Crippen molar-refractivity contribution in [1.82, 2.24) is 9.80 Å². The molecule has 2 unspecified atom stereocenters. The molecule has 2 atom stereocenters. The summed E-state index contributed by atoms with van der Waals surface area (Å²) in [5, 5.41) is 0. The van der Waals surface area contributed by atoms with Crippen molar-refractivity contribution in [2.24, 2.45) is 0 Å². The van der Waals surface area contributed by atoms with Crippen LogP contribution in [0, 0.1) is 0 Å². The van der Waals surface area contributed by atoms with Gasteiger partial charge in [0.1, 0.15) is 0 Å². The molecule has 7 nitrogen and oxygen atoms in total. The molecule has 0 aliphatic heterocycles. The fourth-order valence-electron chi connectivity index (χ4n) is 9.26. The fraction of sp³-hybridized carbons (Fsp3) is 0.946. The van der Waals surface area contributed by atoms with Crippen LogP contribution >= 0.6 is 0 Å². The number of esters is 2. The Balaban J connectivity index is 5.30. The van der Waals surface area contributed by atoms with E-state index in [4.69, 9.17) is 9.47 Å². The maximum atomic E-state index is 14.4. The van der Waals surface area contributed by atoms with E-state index in [2.05, 4.69) is 30.6 Å². The summed E-state index contributed by atoms with van der Waals surface area (Å²) >= 11 is 0. The number of halogens is 10. The lowest BCUT2D eigenvalue weighted by Crippen LogP contribution is -2.49. The first-order valence-electron chi connectivity index (χ1n) is 28.8. The number of alkyl halides is 10. The van der Waals surface area contributed by atoms with Crippen LogP contribution in [0.5, 0.6) is 0 Å². The zero-order valence-corrected chi connectivity index (χ0v) is 45.9. The molecule has 0 spiro atoms. The summed E-state index contributed by atoms with van der Waals surface area (Å²) in [7, 11) is 3.98. The van der Waals surface area contributed by atoms with Gasteiger partial charge in [-0.1, -0.05) is 188 Å². The highest BCUT2D eigenvalue weighted by molar-refractivity contribution is 5.76. The van der Waals surface area contributed by atoms with Crippen molar-refractivity contribution in [2.45, 2.75) is 314 Å². The molecule has 0 aromatic rings. The highest BCUT2D eigenvalue weighted by Gasteiger charge is 2.64. The van der Waals surface area contributed by atoms with E-state index in [1.54, 1.807) is 0 Å². The first-order chi connectivity index (χ1) is 34.6. The zero-order valence-electron chi connectivity index (χ0n) is 45.9. The molecule has 0 heterocycles. The molecule has 0 bridgehead atoms. The van der Waals surface area contributed by atoms with Gasteiger partial charge in [0.2, 0.25) is 5.91 Å². The second-order valence-electron chi connectivity index (χ2n) is 20.9. The van der Waals surface area contributed by atoms with E-state index in [1.807, 2.05) is 14.1 Å². The van der Waals surface area contributed by atoms with Gasteiger partial charge < -0.3 is 19.3 Å². The minimum absolute atomic E-state index is 0.0162. The molecule has 0 aromatic carbocycles. The van der Waals surface area contributed by atoms with Crippen LogP contribution in [-0.2, 0) is 23.9 Å². The molecule has 0 rings (SSSR count). The van der Waals surface area contributed by atoms with Gasteiger partial charge in [-0.25, -0.2) is 0 Å². The normalized spacial score (nSPS) is 13.9. The molecule has 0 N–H and O–H groups in total. The van der Waals surface area contributed by atoms with Crippen LogP contribution in [0.4, 0.5) is 43.9 Å². The molecule has 0 aromatic heterocycles.